The molecule has 1 aromatic carbocycles. The lowest BCUT2D eigenvalue weighted by atomic mass is 10.00. The number of rotatable bonds is 10. The van der Waals surface area contributed by atoms with E-state index in [0.717, 1.165) is 53.5 Å². The normalized spacial score (nSPS) is 15.8. The summed E-state index contributed by atoms with van der Waals surface area (Å²) in [7, 11) is -3.95. The van der Waals surface area contributed by atoms with Crippen LogP contribution in [0.5, 0.6) is 0 Å². The number of sulfonamides is 1. The number of nitrogens with zero attached hydrogens (tertiary/aromatic N) is 5. The number of thiophene rings is 1. The molecule has 0 radical (unpaired) electrons. The molecule has 4 rings (SSSR count). The van der Waals surface area contributed by atoms with E-state index in [1.54, 1.807) is 0 Å². The van der Waals surface area contributed by atoms with Crippen molar-refractivity contribution in [3.05, 3.63) is 45.8 Å². The molecule has 0 atom stereocenters. The maximum atomic E-state index is 13.7. The molecule has 2 amide bonds. The van der Waals surface area contributed by atoms with Crippen LogP contribution in [0, 0.1) is 22.7 Å². The van der Waals surface area contributed by atoms with Crippen LogP contribution in [-0.2, 0) is 23.0 Å². The van der Waals surface area contributed by atoms with E-state index in [4.69, 9.17) is 10.5 Å². The zero-order valence-electron chi connectivity index (χ0n) is 23.6. The molecule has 1 saturated heterocycles. The molecule has 2 aliphatic heterocycles. The van der Waals surface area contributed by atoms with Gasteiger partial charge in [0.1, 0.15) is 5.00 Å². The fourth-order valence-corrected chi connectivity index (χ4v) is 7.94. The van der Waals surface area contributed by atoms with E-state index in [2.05, 4.69) is 24.1 Å². The lowest BCUT2D eigenvalue weighted by molar-refractivity contribution is 0.0723. The van der Waals surface area contributed by atoms with Crippen molar-refractivity contribution in [1.29, 1.82) is 10.5 Å². The van der Waals surface area contributed by atoms with E-state index in [0.29, 0.717) is 29.7 Å². The Bertz CT molecular complexity index is 1430. The van der Waals surface area contributed by atoms with Crippen molar-refractivity contribution in [1.82, 2.24) is 14.1 Å². The lowest BCUT2D eigenvalue weighted by Crippen LogP contribution is -2.38. The highest BCUT2D eigenvalue weighted by atomic mass is 32.2. The van der Waals surface area contributed by atoms with E-state index < -0.39 is 15.9 Å². The van der Waals surface area contributed by atoms with Gasteiger partial charge in [-0.3, -0.25) is 14.5 Å². The van der Waals surface area contributed by atoms with Crippen molar-refractivity contribution in [2.45, 2.75) is 69.9 Å². The van der Waals surface area contributed by atoms with Crippen LogP contribution >= 0.6 is 11.3 Å². The van der Waals surface area contributed by atoms with Crippen molar-refractivity contribution < 1.29 is 18.0 Å². The van der Waals surface area contributed by atoms with Gasteiger partial charge < -0.3 is 10.2 Å². The smallest absolute Gasteiger partial charge is 0.257 e. The summed E-state index contributed by atoms with van der Waals surface area (Å²) in [5, 5.41) is 21.3. The Labute approximate surface area is 246 Å². The number of likely N-dealkylation sites (tertiary alicyclic amines) is 1. The monoisotopic (exact) mass is 596 g/mol. The average molecular weight is 597 g/mol. The Kier molecular flexibility index (Phi) is 10.2. The average Bonchev–Trinajstić information content (AvgIpc) is 3.34. The molecule has 1 fully saturated rings. The summed E-state index contributed by atoms with van der Waals surface area (Å²) in [4.78, 5) is 32.4. The van der Waals surface area contributed by atoms with Crippen molar-refractivity contribution in [2.75, 3.05) is 38.0 Å². The van der Waals surface area contributed by atoms with E-state index >= 15 is 0 Å². The number of nitrogens with one attached hydrogen (secondary N) is 1. The van der Waals surface area contributed by atoms with E-state index in [-0.39, 0.29) is 42.3 Å². The van der Waals surface area contributed by atoms with Gasteiger partial charge in [0.15, 0.2) is 0 Å². The molecule has 41 heavy (non-hydrogen) atoms. The molecule has 12 heteroatoms. The van der Waals surface area contributed by atoms with Gasteiger partial charge in [-0.25, -0.2) is 8.42 Å². The molecule has 0 bridgehead atoms. The van der Waals surface area contributed by atoms with Gasteiger partial charge in [-0.2, -0.15) is 14.8 Å². The Balaban J connectivity index is 1.58. The van der Waals surface area contributed by atoms with E-state index in [1.807, 2.05) is 17.0 Å². The number of anilines is 1. The zero-order valence-corrected chi connectivity index (χ0v) is 25.2. The van der Waals surface area contributed by atoms with Gasteiger partial charge in [-0.05, 0) is 69.4 Å². The number of hydrogen-bond acceptors (Lipinski definition) is 8. The number of amides is 2. The topological polar surface area (TPSA) is 138 Å². The number of piperidine rings is 1. The second-order valence-electron chi connectivity index (χ2n) is 10.6. The second-order valence-corrected chi connectivity index (χ2v) is 13.6. The molecule has 2 aromatic rings. The first-order valence-electron chi connectivity index (χ1n) is 14.0. The fourth-order valence-electron chi connectivity index (χ4n) is 5.24. The summed E-state index contributed by atoms with van der Waals surface area (Å²) in [6.45, 7) is 7.27. The molecule has 0 aliphatic carbocycles. The van der Waals surface area contributed by atoms with Crippen LogP contribution in [0.3, 0.4) is 0 Å². The van der Waals surface area contributed by atoms with Gasteiger partial charge in [0.05, 0.1) is 22.6 Å². The number of benzene rings is 1. The van der Waals surface area contributed by atoms with Crippen LogP contribution in [-0.4, -0.2) is 73.1 Å². The predicted octanol–water partition coefficient (Wildman–Crippen LogP) is 4.21. The van der Waals surface area contributed by atoms with Crippen LogP contribution in [0.15, 0.2) is 29.2 Å². The van der Waals surface area contributed by atoms with E-state index in [1.165, 1.54) is 35.6 Å². The highest BCUT2D eigenvalue weighted by molar-refractivity contribution is 7.89. The largest absolute Gasteiger partial charge is 0.339 e. The lowest BCUT2D eigenvalue weighted by Gasteiger charge is -2.31. The summed E-state index contributed by atoms with van der Waals surface area (Å²) in [5.41, 5.74) is 1.87. The van der Waals surface area contributed by atoms with Crippen LogP contribution in [0.1, 0.15) is 77.1 Å². The third-order valence-electron chi connectivity index (χ3n) is 7.60. The van der Waals surface area contributed by atoms with Crippen LogP contribution < -0.4 is 5.32 Å². The predicted molar refractivity (Wildman–Crippen MR) is 157 cm³/mol. The molecule has 1 N–H and O–H groups in total. The number of nitriles is 2. The maximum absolute atomic E-state index is 13.7. The molecular weight excluding hydrogens is 560 g/mol. The minimum Gasteiger partial charge on any atom is -0.339 e. The molecule has 10 nitrogen and oxygen atoms in total. The zero-order chi connectivity index (χ0) is 29.6. The highest BCUT2D eigenvalue weighted by Gasteiger charge is 2.32. The third-order valence-corrected chi connectivity index (χ3v) is 10.6. The SMILES string of the molecule is CC(C)N1CCc2c(sc(NC(=O)c3ccc(S(=O)(=O)N(CCC#N)CCC#N)cc3)c2C(=O)N2CCCCC2)C1. The summed E-state index contributed by atoms with van der Waals surface area (Å²) in [6, 6.07) is 9.83. The van der Waals surface area contributed by atoms with Crippen molar-refractivity contribution >= 4 is 38.2 Å². The number of carbonyl (C=O) groups excluding carboxylic acids is 2. The van der Waals surface area contributed by atoms with Gasteiger partial charge in [-0.15, -0.1) is 11.3 Å². The summed E-state index contributed by atoms with van der Waals surface area (Å²) in [5.74, 6) is -0.460. The molecule has 0 spiro atoms. The Hall–Kier alpha value is -3.29. The Morgan fingerprint density at radius 1 is 1.02 bits per heavy atom. The first-order valence-corrected chi connectivity index (χ1v) is 16.3. The number of hydrogen-bond donors (Lipinski definition) is 1. The molecule has 2 aliphatic rings. The van der Waals surface area contributed by atoms with Crippen LogP contribution in [0.2, 0.25) is 0 Å². The quantitative estimate of drug-likeness (QED) is 0.434. The molecule has 0 unspecified atom stereocenters. The van der Waals surface area contributed by atoms with Crippen LogP contribution in [0.4, 0.5) is 5.00 Å². The number of carbonyl (C=O) groups is 2. The fraction of sp³-hybridized carbons (Fsp3) is 0.517. The minimum absolute atomic E-state index is 0.00332. The summed E-state index contributed by atoms with van der Waals surface area (Å²) < 4.78 is 27.4. The van der Waals surface area contributed by atoms with Gasteiger partial charge in [0, 0.05) is 68.6 Å². The van der Waals surface area contributed by atoms with Gasteiger partial charge >= 0.3 is 0 Å². The highest BCUT2D eigenvalue weighted by Crippen LogP contribution is 2.39. The van der Waals surface area contributed by atoms with Gasteiger partial charge in [0.25, 0.3) is 11.8 Å². The summed E-state index contributed by atoms with van der Waals surface area (Å²) in [6.07, 6.45) is 3.81. The Morgan fingerprint density at radius 2 is 1.66 bits per heavy atom. The standard InChI is InChI=1S/C29H36N6O4S2/c1-21(2)34-19-12-24-25(20-34)40-28(26(24)29(37)33-15-4-3-5-16-33)32-27(36)22-8-10-23(11-9-22)41(38,39)35(17-6-13-30)18-7-14-31/h8-11,21H,3-7,12,15-20H2,1-2H3,(H,32,36). The first-order chi connectivity index (χ1) is 19.7. The molecule has 0 saturated carbocycles. The Morgan fingerprint density at radius 3 is 2.24 bits per heavy atom. The first kappa shape index (κ1) is 30.7. The van der Waals surface area contributed by atoms with E-state index in [9.17, 15) is 18.0 Å². The van der Waals surface area contributed by atoms with Gasteiger partial charge in [-0.1, -0.05) is 0 Å². The van der Waals surface area contributed by atoms with Gasteiger partial charge in [0.2, 0.25) is 10.0 Å². The molecular formula is C29H36N6O4S2. The van der Waals surface area contributed by atoms with Crippen molar-refractivity contribution in [3.63, 3.8) is 0 Å². The summed E-state index contributed by atoms with van der Waals surface area (Å²) >= 11 is 1.45. The minimum atomic E-state index is -3.95. The maximum Gasteiger partial charge on any atom is 0.257 e. The van der Waals surface area contributed by atoms with Crippen molar-refractivity contribution in [2.24, 2.45) is 0 Å². The van der Waals surface area contributed by atoms with Crippen LogP contribution in [0.25, 0.3) is 0 Å². The molecule has 3 heterocycles. The second kappa shape index (κ2) is 13.6. The third kappa shape index (κ3) is 6.96. The van der Waals surface area contributed by atoms with Crippen molar-refractivity contribution in [3.8, 4) is 12.1 Å². The molecule has 1 aromatic heterocycles. The molecule has 218 valence electrons. The number of fused-ring (bicyclic) bond motifs is 1.